The molecule has 0 aliphatic carbocycles. The number of hydrogen-bond donors (Lipinski definition) is 2. The van der Waals surface area contributed by atoms with Crippen LogP contribution in [0.2, 0.25) is 0 Å². The van der Waals surface area contributed by atoms with E-state index in [1.165, 1.54) is 5.56 Å². The molecule has 1 aliphatic heterocycles. The zero-order chi connectivity index (χ0) is 18.1. The van der Waals surface area contributed by atoms with E-state index < -0.39 is 12.6 Å². The number of alkyl halides is 3. The molecule has 1 unspecified atom stereocenters. The fourth-order valence-electron chi connectivity index (χ4n) is 2.97. The van der Waals surface area contributed by atoms with E-state index in [0.717, 1.165) is 32.5 Å². The first-order chi connectivity index (χ1) is 12.0. The number of likely N-dealkylation sites (tertiary alicyclic amines) is 1. The van der Waals surface area contributed by atoms with Gasteiger partial charge in [-0.2, -0.15) is 13.2 Å². The van der Waals surface area contributed by atoms with E-state index in [1.807, 2.05) is 25.1 Å². The summed E-state index contributed by atoms with van der Waals surface area (Å²) in [5, 5.41) is 6.32. The molecule has 1 atom stereocenters. The van der Waals surface area contributed by atoms with Crippen molar-refractivity contribution in [2.75, 3.05) is 26.2 Å². The Morgan fingerprint density at radius 3 is 2.65 bits per heavy atom. The first-order valence-electron chi connectivity index (χ1n) is 8.84. The van der Waals surface area contributed by atoms with Crippen LogP contribution in [-0.4, -0.2) is 49.3 Å². The molecule has 1 fully saturated rings. The summed E-state index contributed by atoms with van der Waals surface area (Å²) in [6.07, 6.45) is -3.01. The molecule has 26 heavy (non-hydrogen) atoms. The van der Waals surface area contributed by atoms with Gasteiger partial charge in [0.2, 0.25) is 0 Å². The third kappa shape index (κ3) is 9.07. The molecule has 0 saturated carbocycles. The summed E-state index contributed by atoms with van der Waals surface area (Å²) < 4.78 is 36.9. The van der Waals surface area contributed by atoms with E-state index in [-0.39, 0.29) is 36.6 Å². The number of nitrogens with zero attached hydrogens (tertiary/aromatic N) is 2. The van der Waals surface area contributed by atoms with Crippen molar-refractivity contribution in [3.63, 3.8) is 0 Å². The molecule has 1 saturated heterocycles. The average molecular weight is 484 g/mol. The molecule has 1 aromatic carbocycles. The number of guanidine groups is 1. The van der Waals surface area contributed by atoms with Crippen LogP contribution in [0, 0.1) is 0 Å². The lowest BCUT2D eigenvalue weighted by atomic mass is 10.0. The molecular weight excluding hydrogens is 456 g/mol. The van der Waals surface area contributed by atoms with Gasteiger partial charge in [-0.3, -0.25) is 9.89 Å². The molecule has 148 valence electrons. The van der Waals surface area contributed by atoms with Crippen LogP contribution < -0.4 is 10.6 Å². The highest BCUT2D eigenvalue weighted by Crippen LogP contribution is 2.19. The zero-order valence-electron chi connectivity index (χ0n) is 15.1. The highest BCUT2D eigenvalue weighted by molar-refractivity contribution is 14.0. The van der Waals surface area contributed by atoms with Crippen molar-refractivity contribution in [2.24, 2.45) is 4.99 Å². The lowest BCUT2D eigenvalue weighted by Gasteiger charge is -2.34. The Kier molecular flexibility index (Phi) is 10.3. The first kappa shape index (κ1) is 23.0. The standard InChI is InChI=1S/C18H27F3N4.HI/c1-2-22-17(23-11-10-18(19,20)21)24-16-9-6-12-25(14-16)13-15-7-4-3-5-8-15;/h3-5,7-8,16H,2,6,9-14H2,1H3,(H2,22,23,24);1H. The smallest absolute Gasteiger partial charge is 0.357 e. The average Bonchev–Trinajstić information content (AvgIpc) is 2.55. The quantitative estimate of drug-likeness (QED) is 0.367. The molecule has 1 heterocycles. The second kappa shape index (κ2) is 11.6. The molecule has 2 rings (SSSR count). The van der Waals surface area contributed by atoms with Crippen LogP contribution in [0.15, 0.2) is 35.3 Å². The third-order valence-electron chi connectivity index (χ3n) is 4.10. The molecule has 0 spiro atoms. The number of benzene rings is 1. The Bertz CT molecular complexity index is 537. The Morgan fingerprint density at radius 1 is 1.27 bits per heavy atom. The van der Waals surface area contributed by atoms with Gasteiger partial charge in [-0.05, 0) is 31.9 Å². The lowest BCUT2D eigenvalue weighted by Crippen LogP contribution is -2.51. The number of hydrogen-bond acceptors (Lipinski definition) is 2. The minimum atomic E-state index is -4.17. The summed E-state index contributed by atoms with van der Waals surface area (Å²) in [6, 6.07) is 10.5. The van der Waals surface area contributed by atoms with E-state index in [0.29, 0.717) is 12.5 Å². The summed E-state index contributed by atoms with van der Waals surface area (Å²) >= 11 is 0. The van der Waals surface area contributed by atoms with Crippen molar-refractivity contribution in [1.29, 1.82) is 0 Å². The lowest BCUT2D eigenvalue weighted by molar-refractivity contribution is -0.132. The van der Waals surface area contributed by atoms with Crippen LogP contribution in [0.25, 0.3) is 0 Å². The van der Waals surface area contributed by atoms with E-state index in [9.17, 15) is 13.2 Å². The number of rotatable bonds is 6. The Hall–Kier alpha value is -1.03. The van der Waals surface area contributed by atoms with Gasteiger partial charge in [0, 0.05) is 25.7 Å². The number of nitrogens with one attached hydrogen (secondary N) is 2. The van der Waals surface area contributed by atoms with Gasteiger partial charge < -0.3 is 10.6 Å². The topological polar surface area (TPSA) is 39.7 Å². The van der Waals surface area contributed by atoms with Gasteiger partial charge in [-0.15, -0.1) is 24.0 Å². The number of halogens is 4. The Morgan fingerprint density at radius 2 is 2.00 bits per heavy atom. The number of aliphatic imine (C=N–C) groups is 1. The van der Waals surface area contributed by atoms with Gasteiger partial charge in [-0.25, -0.2) is 0 Å². The first-order valence-corrected chi connectivity index (χ1v) is 8.84. The minimum Gasteiger partial charge on any atom is -0.357 e. The SMILES string of the molecule is CCNC(=NCCC(F)(F)F)NC1CCCN(Cc2ccccc2)C1.I. The fraction of sp³-hybridized carbons (Fsp3) is 0.611. The number of piperidine rings is 1. The second-order valence-corrected chi connectivity index (χ2v) is 6.33. The maximum absolute atomic E-state index is 12.3. The van der Waals surface area contributed by atoms with Crippen molar-refractivity contribution in [2.45, 2.75) is 44.9 Å². The fourth-order valence-corrected chi connectivity index (χ4v) is 2.97. The maximum atomic E-state index is 12.3. The van der Waals surface area contributed by atoms with Crippen LogP contribution in [0.3, 0.4) is 0 Å². The predicted octanol–water partition coefficient (Wildman–Crippen LogP) is 3.78. The van der Waals surface area contributed by atoms with Crippen molar-refractivity contribution < 1.29 is 13.2 Å². The van der Waals surface area contributed by atoms with Crippen LogP contribution in [0.4, 0.5) is 13.2 Å². The van der Waals surface area contributed by atoms with Crippen LogP contribution in [0.1, 0.15) is 31.7 Å². The van der Waals surface area contributed by atoms with Crippen LogP contribution in [-0.2, 0) is 6.54 Å². The van der Waals surface area contributed by atoms with E-state index >= 15 is 0 Å². The van der Waals surface area contributed by atoms with E-state index in [2.05, 4.69) is 32.7 Å². The minimum absolute atomic E-state index is 0. The van der Waals surface area contributed by atoms with Gasteiger partial charge >= 0.3 is 6.18 Å². The highest BCUT2D eigenvalue weighted by atomic mass is 127. The van der Waals surface area contributed by atoms with Crippen LogP contribution >= 0.6 is 24.0 Å². The summed E-state index contributed by atoms with van der Waals surface area (Å²) in [4.78, 5) is 6.43. The van der Waals surface area contributed by atoms with Gasteiger partial charge in [0.05, 0.1) is 13.0 Å². The van der Waals surface area contributed by atoms with Gasteiger partial charge in [0.15, 0.2) is 5.96 Å². The normalized spacial score (nSPS) is 18.9. The third-order valence-corrected chi connectivity index (χ3v) is 4.10. The monoisotopic (exact) mass is 484 g/mol. The van der Waals surface area contributed by atoms with Crippen molar-refractivity contribution >= 4 is 29.9 Å². The molecule has 4 nitrogen and oxygen atoms in total. The highest BCUT2D eigenvalue weighted by Gasteiger charge is 2.26. The summed E-state index contributed by atoms with van der Waals surface area (Å²) in [6.45, 7) is 5.06. The van der Waals surface area contributed by atoms with E-state index in [4.69, 9.17) is 0 Å². The zero-order valence-corrected chi connectivity index (χ0v) is 17.4. The molecule has 8 heteroatoms. The second-order valence-electron chi connectivity index (χ2n) is 6.33. The summed E-state index contributed by atoms with van der Waals surface area (Å²) in [7, 11) is 0. The molecule has 0 aromatic heterocycles. The van der Waals surface area contributed by atoms with Gasteiger partial charge in [-0.1, -0.05) is 30.3 Å². The van der Waals surface area contributed by atoms with Gasteiger partial charge in [0.1, 0.15) is 0 Å². The molecule has 1 aliphatic rings. The Balaban J connectivity index is 0.00000338. The van der Waals surface area contributed by atoms with E-state index in [1.54, 1.807) is 0 Å². The molecule has 0 radical (unpaired) electrons. The summed E-state index contributed by atoms with van der Waals surface area (Å²) in [5.41, 5.74) is 1.27. The van der Waals surface area contributed by atoms with Crippen molar-refractivity contribution in [3.8, 4) is 0 Å². The molecule has 0 bridgehead atoms. The van der Waals surface area contributed by atoms with Crippen LogP contribution in [0.5, 0.6) is 0 Å². The van der Waals surface area contributed by atoms with Gasteiger partial charge in [0.25, 0.3) is 0 Å². The molecule has 0 amide bonds. The molecule has 1 aromatic rings. The summed E-state index contributed by atoms with van der Waals surface area (Å²) in [5.74, 6) is 0.471. The maximum Gasteiger partial charge on any atom is 0.390 e. The molecular formula is C18H28F3IN4. The molecule has 2 N–H and O–H groups in total. The Labute approximate surface area is 170 Å². The largest absolute Gasteiger partial charge is 0.390 e. The van der Waals surface area contributed by atoms with Crippen molar-refractivity contribution in [1.82, 2.24) is 15.5 Å². The predicted molar refractivity (Wildman–Crippen MR) is 110 cm³/mol. The van der Waals surface area contributed by atoms with Crippen molar-refractivity contribution in [3.05, 3.63) is 35.9 Å².